The van der Waals surface area contributed by atoms with Gasteiger partial charge in [-0.05, 0) is 17.7 Å². The number of allylic oxidation sites excluding steroid dienone is 4. The predicted octanol–water partition coefficient (Wildman–Crippen LogP) is 5.04. The largest absolute Gasteiger partial charge is 0.351 e. The first-order valence-corrected chi connectivity index (χ1v) is 9.28. The molecular formula is C22H21N2S+. The number of hydrogen-bond acceptors (Lipinski definition) is 2. The highest BCUT2D eigenvalue weighted by Crippen LogP contribution is 2.33. The van der Waals surface area contributed by atoms with Crippen molar-refractivity contribution < 1.29 is 4.57 Å². The van der Waals surface area contributed by atoms with Crippen LogP contribution in [-0.2, 0) is 7.05 Å². The fourth-order valence-corrected chi connectivity index (χ4v) is 4.32. The minimum absolute atomic E-state index is 0.327. The Hall–Kier alpha value is -2.65. The molecule has 1 aliphatic rings. The molecule has 124 valence electrons. The molecule has 1 atom stereocenters. The quantitative estimate of drug-likeness (QED) is 0.476. The molecule has 1 aliphatic heterocycles. The van der Waals surface area contributed by atoms with Gasteiger partial charge < -0.3 is 4.90 Å². The van der Waals surface area contributed by atoms with E-state index in [1.54, 1.807) is 0 Å². The van der Waals surface area contributed by atoms with E-state index in [1.165, 1.54) is 26.5 Å². The van der Waals surface area contributed by atoms with Crippen LogP contribution in [0.4, 0.5) is 5.69 Å². The monoisotopic (exact) mass is 345 g/mol. The summed E-state index contributed by atoms with van der Waals surface area (Å²) >= 11 is 1.82. The van der Waals surface area contributed by atoms with Gasteiger partial charge in [0, 0.05) is 37.0 Å². The van der Waals surface area contributed by atoms with Crippen molar-refractivity contribution in [3.05, 3.63) is 89.6 Å². The van der Waals surface area contributed by atoms with Crippen molar-refractivity contribution in [3.63, 3.8) is 0 Å². The van der Waals surface area contributed by atoms with E-state index in [4.69, 9.17) is 0 Å². The molecule has 1 aromatic heterocycles. The second kappa shape index (κ2) is 6.69. The van der Waals surface area contributed by atoms with Crippen molar-refractivity contribution in [1.82, 2.24) is 0 Å². The van der Waals surface area contributed by atoms with Crippen molar-refractivity contribution in [3.8, 4) is 0 Å². The number of hydrogen-bond donors (Lipinski definition) is 0. The summed E-state index contributed by atoms with van der Waals surface area (Å²) in [7, 11) is 4.22. The molecule has 2 nitrogen and oxygen atoms in total. The van der Waals surface area contributed by atoms with Gasteiger partial charge in [-0.2, -0.15) is 4.57 Å². The molecule has 25 heavy (non-hydrogen) atoms. The van der Waals surface area contributed by atoms with Gasteiger partial charge >= 0.3 is 0 Å². The molecule has 2 heterocycles. The van der Waals surface area contributed by atoms with Gasteiger partial charge in [0.2, 0.25) is 5.52 Å². The van der Waals surface area contributed by atoms with E-state index in [-0.39, 0.29) is 0 Å². The standard InChI is InChI=1S/C22H21N2S/c1-23-16-15-17(18-10-4-5-11-19(18)23)9-3-8-14-22-24(2)20-12-6-7-13-21(20)25-22/h3-17H,1-2H3/q+1/b9-3+,14-8+. The average Bonchev–Trinajstić information content (AvgIpc) is 2.97. The Morgan fingerprint density at radius 1 is 1.04 bits per heavy atom. The van der Waals surface area contributed by atoms with Gasteiger partial charge in [-0.1, -0.05) is 66.0 Å². The smallest absolute Gasteiger partial charge is 0.262 e. The van der Waals surface area contributed by atoms with Gasteiger partial charge in [-0.15, -0.1) is 0 Å². The Kier molecular flexibility index (Phi) is 4.24. The van der Waals surface area contributed by atoms with Crippen LogP contribution in [0.3, 0.4) is 0 Å². The van der Waals surface area contributed by atoms with E-state index in [1.807, 2.05) is 11.3 Å². The summed E-state index contributed by atoms with van der Waals surface area (Å²) < 4.78 is 3.57. The van der Waals surface area contributed by atoms with Crippen molar-refractivity contribution in [2.45, 2.75) is 5.92 Å². The number of nitrogens with zero attached hydrogens (tertiary/aromatic N) is 2. The fourth-order valence-electron chi connectivity index (χ4n) is 3.25. The van der Waals surface area contributed by atoms with Gasteiger partial charge in [0.15, 0.2) is 0 Å². The third-order valence-corrected chi connectivity index (χ3v) is 5.82. The number of fused-ring (bicyclic) bond motifs is 2. The molecule has 0 bridgehead atoms. The maximum atomic E-state index is 2.26. The summed E-state index contributed by atoms with van der Waals surface area (Å²) in [5, 5.41) is 1.25. The number of thiazole rings is 1. The molecular weight excluding hydrogens is 324 g/mol. The fraction of sp³-hybridized carbons (Fsp3) is 0.136. The third kappa shape index (κ3) is 3.03. The molecule has 0 saturated heterocycles. The van der Waals surface area contributed by atoms with E-state index in [2.05, 4.69) is 109 Å². The molecule has 1 unspecified atom stereocenters. The van der Waals surface area contributed by atoms with E-state index in [0.717, 1.165) is 0 Å². The summed E-state index contributed by atoms with van der Waals surface area (Å²) in [6.07, 6.45) is 13.1. The summed E-state index contributed by atoms with van der Waals surface area (Å²) in [4.78, 5) is 2.17. The lowest BCUT2D eigenvalue weighted by Gasteiger charge is -2.26. The minimum atomic E-state index is 0.327. The Morgan fingerprint density at radius 3 is 2.72 bits per heavy atom. The topological polar surface area (TPSA) is 7.12 Å². The summed E-state index contributed by atoms with van der Waals surface area (Å²) in [6.45, 7) is 0. The normalized spacial score (nSPS) is 17.0. The molecule has 0 amide bonds. The van der Waals surface area contributed by atoms with Crippen LogP contribution >= 0.6 is 11.3 Å². The molecule has 4 rings (SSSR count). The summed E-state index contributed by atoms with van der Waals surface area (Å²) in [5.41, 5.74) is 3.91. The molecule has 0 aliphatic carbocycles. The van der Waals surface area contributed by atoms with Crippen LogP contribution in [0.2, 0.25) is 0 Å². The SMILES string of the molecule is CN1C=CC(/C=C/C=C/c2sc3ccccc3[n+]2C)c2ccccc21. The van der Waals surface area contributed by atoms with E-state index < -0.39 is 0 Å². The first-order valence-electron chi connectivity index (χ1n) is 8.46. The van der Waals surface area contributed by atoms with Gasteiger partial charge in [0.1, 0.15) is 11.7 Å². The number of rotatable bonds is 3. The number of benzene rings is 2. The van der Waals surface area contributed by atoms with Crippen LogP contribution in [0.5, 0.6) is 0 Å². The predicted molar refractivity (Wildman–Crippen MR) is 108 cm³/mol. The van der Waals surface area contributed by atoms with Crippen molar-refractivity contribution in [1.29, 1.82) is 0 Å². The van der Waals surface area contributed by atoms with Crippen LogP contribution in [0.25, 0.3) is 16.3 Å². The van der Waals surface area contributed by atoms with Crippen molar-refractivity contribution in [2.24, 2.45) is 7.05 Å². The minimum Gasteiger partial charge on any atom is -0.351 e. The second-order valence-corrected chi connectivity index (χ2v) is 7.31. The Balaban J connectivity index is 1.55. The van der Waals surface area contributed by atoms with E-state index in [9.17, 15) is 0 Å². The zero-order valence-electron chi connectivity index (χ0n) is 14.5. The van der Waals surface area contributed by atoms with Crippen LogP contribution < -0.4 is 9.47 Å². The van der Waals surface area contributed by atoms with Gasteiger partial charge in [-0.25, -0.2) is 0 Å². The molecule has 0 spiro atoms. The Morgan fingerprint density at radius 2 is 1.84 bits per heavy atom. The molecule has 0 radical (unpaired) electrons. The maximum Gasteiger partial charge on any atom is 0.262 e. The highest BCUT2D eigenvalue weighted by molar-refractivity contribution is 7.18. The summed E-state index contributed by atoms with van der Waals surface area (Å²) in [6, 6.07) is 17.1. The molecule has 2 aromatic carbocycles. The van der Waals surface area contributed by atoms with Crippen molar-refractivity contribution >= 4 is 33.3 Å². The second-order valence-electron chi connectivity index (χ2n) is 6.25. The molecule has 3 aromatic rings. The Labute approximate surface area is 152 Å². The maximum absolute atomic E-state index is 2.26. The third-order valence-electron chi connectivity index (χ3n) is 4.63. The molecule has 0 fully saturated rings. The van der Waals surface area contributed by atoms with Crippen LogP contribution in [0.15, 0.2) is 79.0 Å². The zero-order chi connectivity index (χ0) is 17.2. The molecule has 0 N–H and O–H groups in total. The van der Waals surface area contributed by atoms with Crippen molar-refractivity contribution in [2.75, 3.05) is 11.9 Å². The number of aromatic nitrogens is 1. The summed E-state index contributed by atoms with van der Waals surface area (Å²) in [5.74, 6) is 0.327. The highest BCUT2D eigenvalue weighted by Gasteiger charge is 2.16. The lowest BCUT2D eigenvalue weighted by Crippen LogP contribution is -2.28. The van der Waals surface area contributed by atoms with Crippen LogP contribution in [0, 0.1) is 0 Å². The number of anilines is 1. The number of aryl methyl sites for hydroxylation is 1. The van der Waals surface area contributed by atoms with E-state index >= 15 is 0 Å². The highest BCUT2D eigenvalue weighted by atomic mass is 32.1. The first kappa shape index (κ1) is 15.9. The molecule has 3 heteroatoms. The number of para-hydroxylation sites is 2. The van der Waals surface area contributed by atoms with Gasteiger partial charge in [0.05, 0.1) is 0 Å². The molecule has 0 saturated carbocycles. The van der Waals surface area contributed by atoms with Crippen LogP contribution in [0.1, 0.15) is 16.5 Å². The first-order chi connectivity index (χ1) is 12.2. The van der Waals surface area contributed by atoms with Crippen LogP contribution in [-0.4, -0.2) is 7.05 Å². The Bertz CT molecular complexity index is 994. The van der Waals surface area contributed by atoms with E-state index in [0.29, 0.717) is 5.92 Å². The van der Waals surface area contributed by atoms with Gasteiger partial charge in [-0.3, -0.25) is 0 Å². The average molecular weight is 345 g/mol. The lowest BCUT2D eigenvalue weighted by atomic mass is 9.94. The van der Waals surface area contributed by atoms with Gasteiger partial charge in [0.25, 0.3) is 5.01 Å². The zero-order valence-corrected chi connectivity index (χ0v) is 15.3. The lowest BCUT2D eigenvalue weighted by molar-refractivity contribution is -0.642.